The predicted octanol–water partition coefficient (Wildman–Crippen LogP) is 2.14. The Labute approximate surface area is 112 Å². The fourth-order valence-corrected chi connectivity index (χ4v) is 3.49. The van der Waals surface area contributed by atoms with E-state index in [2.05, 4.69) is 38.0 Å². The molecule has 2 saturated carbocycles. The van der Waals surface area contributed by atoms with Gasteiger partial charge < -0.3 is 10.4 Å². The second-order valence-corrected chi connectivity index (χ2v) is 7.30. The third-order valence-corrected chi connectivity index (χ3v) is 4.54. The summed E-state index contributed by atoms with van der Waals surface area (Å²) in [6.07, 6.45) is 7.19. The second kappa shape index (κ2) is 5.48. The monoisotopic (exact) mass is 254 g/mol. The van der Waals surface area contributed by atoms with E-state index in [-0.39, 0.29) is 11.6 Å². The van der Waals surface area contributed by atoms with E-state index in [0.717, 1.165) is 12.8 Å². The van der Waals surface area contributed by atoms with Crippen molar-refractivity contribution in [2.45, 2.75) is 89.1 Å². The third-order valence-electron chi connectivity index (χ3n) is 4.54. The second-order valence-electron chi connectivity index (χ2n) is 7.30. The highest BCUT2D eigenvalue weighted by atomic mass is 16.3. The van der Waals surface area contributed by atoms with Crippen LogP contribution >= 0.6 is 0 Å². The van der Waals surface area contributed by atoms with Crippen LogP contribution in [0.3, 0.4) is 0 Å². The quantitative estimate of drug-likeness (QED) is 0.810. The Morgan fingerprint density at radius 2 is 1.72 bits per heavy atom. The Morgan fingerprint density at radius 3 is 2.28 bits per heavy atom. The largest absolute Gasteiger partial charge is 0.393 e. The first-order chi connectivity index (χ1) is 8.37. The van der Waals surface area contributed by atoms with Crippen molar-refractivity contribution < 1.29 is 5.11 Å². The maximum atomic E-state index is 9.48. The number of aliphatic hydroxyl groups is 1. The van der Waals surface area contributed by atoms with Gasteiger partial charge in [0.15, 0.2) is 0 Å². The van der Waals surface area contributed by atoms with Gasteiger partial charge in [-0.15, -0.1) is 0 Å². The lowest BCUT2D eigenvalue weighted by Crippen LogP contribution is -2.59. The lowest BCUT2D eigenvalue weighted by Gasteiger charge is -2.48. The zero-order chi connectivity index (χ0) is 13.3. The van der Waals surface area contributed by atoms with Crippen LogP contribution in [0.1, 0.15) is 59.3 Å². The molecular formula is C15H30N2O. The van der Waals surface area contributed by atoms with Gasteiger partial charge in [0.25, 0.3) is 0 Å². The zero-order valence-electron chi connectivity index (χ0n) is 12.4. The molecule has 2 fully saturated rings. The average Bonchev–Trinajstić information content (AvgIpc) is 2.22. The van der Waals surface area contributed by atoms with E-state index in [1.807, 2.05) is 0 Å². The number of aliphatic hydroxyl groups excluding tert-OH is 1. The summed E-state index contributed by atoms with van der Waals surface area (Å²) in [7, 11) is 2.25. The van der Waals surface area contributed by atoms with Gasteiger partial charge in [0.1, 0.15) is 0 Å². The molecule has 0 radical (unpaired) electrons. The minimum Gasteiger partial charge on any atom is -0.393 e. The van der Waals surface area contributed by atoms with Crippen LogP contribution in [0.25, 0.3) is 0 Å². The minimum atomic E-state index is -0.0462. The molecule has 0 unspecified atom stereocenters. The smallest absolute Gasteiger partial charge is 0.0570 e. The number of likely N-dealkylation sites (N-methyl/N-ethyl adjacent to an activating group) is 1. The Morgan fingerprint density at radius 1 is 1.11 bits per heavy atom. The molecule has 106 valence electrons. The van der Waals surface area contributed by atoms with Crippen LogP contribution in [0.5, 0.6) is 0 Å². The van der Waals surface area contributed by atoms with Crippen LogP contribution < -0.4 is 5.32 Å². The van der Waals surface area contributed by atoms with Gasteiger partial charge in [-0.2, -0.15) is 0 Å². The van der Waals surface area contributed by atoms with Crippen molar-refractivity contribution in [3.05, 3.63) is 0 Å². The molecule has 18 heavy (non-hydrogen) atoms. The van der Waals surface area contributed by atoms with Gasteiger partial charge in [0.2, 0.25) is 0 Å². The van der Waals surface area contributed by atoms with Gasteiger partial charge in [-0.1, -0.05) is 12.8 Å². The molecule has 0 bridgehead atoms. The van der Waals surface area contributed by atoms with Gasteiger partial charge >= 0.3 is 0 Å². The summed E-state index contributed by atoms with van der Waals surface area (Å²) in [5.74, 6) is 0. The molecule has 0 aromatic heterocycles. The van der Waals surface area contributed by atoms with Gasteiger partial charge in [0, 0.05) is 23.7 Å². The lowest BCUT2D eigenvalue weighted by atomic mass is 9.82. The minimum absolute atomic E-state index is 0.0462. The summed E-state index contributed by atoms with van der Waals surface area (Å²) in [5, 5.41) is 13.3. The number of hydrogen-bond acceptors (Lipinski definition) is 3. The molecule has 0 aliphatic heterocycles. The molecule has 2 N–H and O–H groups in total. The van der Waals surface area contributed by atoms with E-state index < -0.39 is 0 Å². The van der Waals surface area contributed by atoms with Gasteiger partial charge in [-0.05, 0) is 53.5 Å². The molecule has 3 nitrogen and oxygen atoms in total. The molecule has 2 aliphatic rings. The third kappa shape index (κ3) is 3.46. The number of hydrogen-bond donors (Lipinski definition) is 2. The summed E-state index contributed by atoms with van der Waals surface area (Å²) >= 11 is 0. The predicted molar refractivity (Wildman–Crippen MR) is 75.7 cm³/mol. The van der Waals surface area contributed by atoms with Crippen molar-refractivity contribution in [1.82, 2.24) is 10.2 Å². The summed E-state index contributed by atoms with van der Waals surface area (Å²) in [6.45, 7) is 6.77. The highest BCUT2D eigenvalue weighted by Crippen LogP contribution is 2.31. The molecule has 2 rings (SSSR count). The Kier molecular flexibility index (Phi) is 4.35. The molecule has 2 aliphatic carbocycles. The van der Waals surface area contributed by atoms with E-state index in [1.165, 1.54) is 25.7 Å². The van der Waals surface area contributed by atoms with Crippen molar-refractivity contribution in [3.8, 4) is 0 Å². The van der Waals surface area contributed by atoms with E-state index in [1.54, 1.807) is 0 Å². The summed E-state index contributed by atoms with van der Waals surface area (Å²) < 4.78 is 0. The normalized spacial score (nSPS) is 37.7. The molecule has 0 saturated heterocycles. The molecule has 0 amide bonds. The Hall–Kier alpha value is -0.120. The van der Waals surface area contributed by atoms with Crippen LogP contribution in [-0.2, 0) is 0 Å². The topological polar surface area (TPSA) is 35.5 Å². The molecule has 0 heterocycles. The molecule has 0 spiro atoms. The van der Waals surface area contributed by atoms with Crippen LogP contribution in [0, 0.1) is 0 Å². The van der Waals surface area contributed by atoms with E-state index in [4.69, 9.17) is 0 Å². The van der Waals surface area contributed by atoms with Crippen LogP contribution in [0.15, 0.2) is 0 Å². The Balaban J connectivity index is 1.94. The first-order valence-electron chi connectivity index (χ1n) is 7.54. The van der Waals surface area contributed by atoms with Crippen LogP contribution in [0.2, 0.25) is 0 Å². The summed E-state index contributed by atoms with van der Waals surface area (Å²) in [6, 6.07) is 1.87. The van der Waals surface area contributed by atoms with Crippen molar-refractivity contribution >= 4 is 0 Å². The number of nitrogens with one attached hydrogen (secondary N) is 1. The van der Waals surface area contributed by atoms with Crippen molar-refractivity contribution in [1.29, 1.82) is 0 Å². The molecule has 2 atom stereocenters. The summed E-state index contributed by atoms with van der Waals surface area (Å²) in [5.41, 5.74) is 0.195. The first kappa shape index (κ1) is 14.3. The fraction of sp³-hybridized carbons (Fsp3) is 1.00. The number of nitrogens with zero attached hydrogens (tertiary/aromatic N) is 1. The van der Waals surface area contributed by atoms with E-state index in [9.17, 15) is 5.11 Å². The van der Waals surface area contributed by atoms with Crippen LogP contribution in [-0.4, -0.2) is 46.8 Å². The van der Waals surface area contributed by atoms with Gasteiger partial charge in [0.05, 0.1) is 6.10 Å². The number of rotatable bonds is 3. The van der Waals surface area contributed by atoms with E-state index >= 15 is 0 Å². The molecular weight excluding hydrogens is 224 g/mol. The average molecular weight is 254 g/mol. The van der Waals surface area contributed by atoms with Crippen molar-refractivity contribution in [3.63, 3.8) is 0 Å². The standard InChI is InChI=1S/C15H30N2O/c1-15(2,3)16-13-7-5-6-8-14(13)17(4)11-9-12(18)10-11/h11-14,16,18H,5-10H2,1-4H3/t11?,12?,13-,14-/m0/s1. The highest BCUT2D eigenvalue weighted by molar-refractivity contribution is 4.96. The zero-order valence-corrected chi connectivity index (χ0v) is 12.4. The molecule has 3 heteroatoms. The van der Waals surface area contributed by atoms with Gasteiger partial charge in [-0.3, -0.25) is 4.90 Å². The van der Waals surface area contributed by atoms with Gasteiger partial charge in [-0.25, -0.2) is 0 Å². The maximum Gasteiger partial charge on any atom is 0.0570 e. The maximum absolute atomic E-state index is 9.48. The summed E-state index contributed by atoms with van der Waals surface area (Å²) in [4.78, 5) is 2.54. The lowest BCUT2D eigenvalue weighted by molar-refractivity contribution is -0.0197. The fourth-order valence-electron chi connectivity index (χ4n) is 3.49. The first-order valence-corrected chi connectivity index (χ1v) is 7.54. The van der Waals surface area contributed by atoms with Crippen molar-refractivity contribution in [2.24, 2.45) is 0 Å². The van der Waals surface area contributed by atoms with Crippen LogP contribution in [0.4, 0.5) is 0 Å². The molecule has 0 aromatic carbocycles. The van der Waals surface area contributed by atoms with E-state index in [0.29, 0.717) is 18.1 Å². The van der Waals surface area contributed by atoms with Crippen molar-refractivity contribution in [2.75, 3.05) is 7.05 Å². The Bertz CT molecular complexity index is 268. The molecule has 0 aromatic rings. The highest BCUT2D eigenvalue weighted by Gasteiger charge is 2.38. The SMILES string of the molecule is CN(C1CC(O)C1)[C@H]1CCCC[C@@H]1NC(C)(C)C.